The zero-order valence-corrected chi connectivity index (χ0v) is 18.6. The minimum absolute atomic E-state index is 0.109. The molecule has 162 valence electrons. The van der Waals surface area contributed by atoms with Gasteiger partial charge in [-0.05, 0) is 35.9 Å². The van der Waals surface area contributed by atoms with Gasteiger partial charge in [-0.25, -0.2) is 13.2 Å². The van der Waals surface area contributed by atoms with Crippen molar-refractivity contribution in [1.29, 1.82) is 0 Å². The molecule has 0 atom stereocenters. The minimum Gasteiger partial charge on any atom is -0.497 e. The normalized spacial score (nSPS) is 11.0. The molecular formula is C22H21NO6S2. The number of rotatable bonds is 8. The summed E-state index contributed by atoms with van der Waals surface area (Å²) in [5.41, 5.74) is 1.18. The van der Waals surface area contributed by atoms with Crippen LogP contribution in [0.3, 0.4) is 0 Å². The SMILES string of the molecule is COC(=O)c1sc(-c2ccccc2)cc1NC(=O)CCS(=O)(=O)c1ccc(OC)cc1. The molecular weight excluding hydrogens is 438 g/mol. The first-order valence-corrected chi connectivity index (χ1v) is 11.7. The van der Waals surface area contributed by atoms with Gasteiger partial charge in [-0.2, -0.15) is 0 Å². The third kappa shape index (κ3) is 5.50. The average molecular weight is 460 g/mol. The summed E-state index contributed by atoms with van der Waals surface area (Å²) in [7, 11) is -0.896. The smallest absolute Gasteiger partial charge is 0.350 e. The van der Waals surface area contributed by atoms with Crippen molar-refractivity contribution in [2.75, 3.05) is 25.3 Å². The van der Waals surface area contributed by atoms with Crippen molar-refractivity contribution in [3.05, 3.63) is 65.5 Å². The van der Waals surface area contributed by atoms with Gasteiger partial charge in [-0.3, -0.25) is 4.79 Å². The Kier molecular flexibility index (Phi) is 7.09. The number of hydrogen-bond acceptors (Lipinski definition) is 7. The van der Waals surface area contributed by atoms with E-state index in [0.29, 0.717) is 11.4 Å². The lowest BCUT2D eigenvalue weighted by Gasteiger charge is -2.07. The van der Waals surface area contributed by atoms with Crippen LogP contribution >= 0.6 is 11.3 Å². The van der Waals surface area contributed by atoms with Gasteiger partial charge in [0, 0.05) is 11.3 Å². The summed E-state index contributed by atoms with van der Waals surface area (Å²) in [5, 5.41) is 2.64. The number of nitrogens with one attached hydrogen (secondary N) is 1. The third-order valence-electron chi connectivity index (χ3n) is 4.45. The summed E-state index contributed by atoms with van der Waals surface area (Å²) in [4.78, 5) is 25.7. The van der Waals surface area contributed by atoms with Crippen molar-refractivity contribution in [3.8, 4) is 16.2 Å². The second-order valence-corrected chi connectivity index (χ2v) is 9.66. The van der Waals surface area contributed by atoms with Gasteiger partial charge >= 0.3 is 5.97 Å². The van der Waals surface area contributed by atoms with Crippen LogP contribution in [0.4, 0.5) is 5.69 Å². The molecule has 1 N–H and O–H groups in total. The van der Waals surface area contributed by atoms with Crippen molar-refractivity contribution >= 4 is 38.7 Å². The Morgan fingerprint density at radius 2 is 1.68 bits per heavy atom. The van der Waals surface area contributed by atoms with Gasteiger partial charge in [0.05, 0.1) is 30.6 Å². The lowest BCUT2D eigenvalue weighted by atomic mass is 10.2. The maximum Gasteiger partial charge on any atom is 0.350 e. The van der Waals surface area contributed by atoms with E-state index in [4.69, 9.17) is 9.47 Å². The topological polar surface area (TPSA) is 98.8 Å². The van der Waals surface area contributed by atoms with E-state index in [2.05, 4.69) is 5.32 Å². The molecule has 1 heterocycles. The number of methoxy groups -OCH3 is 2. The van der Waals surface area contributed by atoms with Crippen molar-refractivity contribution in [2.24, 2.45) is 0 Å². The quantitative estimate of drug-likeness (QED) is 0.511. The molecule has 0 bridgehead atoms. The Bertz CT molecular complexity index is 1170. The first-order valence-electron chi connectivity index (χ1n) is 9.28. The summed E-state index contributed by atoms with van der Waals surface area (Å²) in [6.07, 6.45) is -0.258. The second kappa shape index (κ2) is 9.76. The van der Waals surface area contributed by atoms with Gasteiger partial charge in [-0.1, -0.05) is 30.3 Å². The van der Waals surface area contributed by atoms with Crippen LogP contribution < -0.4 is 10.1 Å². The van der Waals surface area contributed by atoms with E-state index in [0.717, 1.165) is 10.4 Å². The Labute approximate surface area is 184 Å². The summed E-state index contributed by atoms with van der Waals surface area (Å²) >= 11 is 1.19. The molecule has 0 unspecified atom stereocenters. The number of esters is 1. The molecule has 2 aromatic carbocycles. The highest BCUT2D eigenvalue weighted by Gasteiger charge is 2.21. The molecule has 0 aliphatic rings. The number of amides is 1. The van der Waals surface area contributed by atoms with E-state index in [-0.39, 0.29) is 21.9 Å². The Hall–Kier alpha value is -3.17. The highest BCUT2D eigenvalue weighted by Crippen LogP contribution is 2.35. The Morgan fingerprint density at radius 1 is 1.00 bits per heavy atom. The molecule has 7 nitrogen and oxygen atoms in total. The lowest BCUT2D eigenvalue weighted by molar-refractivity contribution is -0.115. The largest absolute Gasteiger partial charge is 0.497 e. The Morgan fingerprint density at radius 3 is 2.29 bits per heavy atom. The van der Waals surface area contributed by atoms with E-state index in [1.807, 2.05) is 30.3 Å². The van der Waals surface area contributed by atoms with Gasteiger partial charge in [0.1, 0.15) is 10.6 Å². The molecule has 0 radical (unpaired) electrons. The van der Waals surface area contributed by atoms with Crippen molar-refractivity contribution < 1.29 is 27.5 Å². The predicted molar refractivity (Wildman–Crippen MR) is 119 cm³/mol. The van der Waals surface area contributed by atoms with Crippen LogP contribution in [0.5, 0.6) is 5.75 Å². The standard InChI is InChI=1S/C22H21NO6S2/c1-28-16-8-10-17(11-9-16)31(26,27)13-12-20(24)23-18-14-19(15-6-4-3-5-7-15)30-21(18)22(25)29-2/h3-11,14H,12-13H2,1-2H3,(H,23,24). The molecule has 1 amide bonds. The minimum atomic E-state index is -3.65. The summed E-state index contributed by atoms with van der Waals surface area (Å²) < 4.78 is 34.8. The van der Waals surface area contributed by atoms with Crippen molar-refractivity contribution in [2.45, 2.75) is 11.3 Å². The molecule has 0 saturated heterocycles. The van der Waals surface area contributed by atoms with Gasteiger partial charge in [0.25, 0.3) is 0 Å². The van der Waals surface area contributed by atoms with Crippen molar-refractivity contribution in [3.63, 3.8) is 0 Å². The molecule has 31 heavy (non-hydrogen) atoms. The molecule has 3 aromatic rings. The fourth-order valence-electron chi connectivity index (χ4n) is 2.81. The first-order chi connectivity index (χ1) is 14.8. The number of anilines is 1. The second-order valence-electron chi connectivity index (χ2n) is 6.50. The fraction of sp³-hybridized carbons (Fsp3) is 0.182. The number of ether oxygens (including phenoxy) is 2. The zero-order valence-electron chi connectivity index (χ0n) is 17.0. The number of sulfone groups is 1. The van der Waals surface area contributed by atoms with E-state index in [1.165, 1.54) is 37.7 Å². The summed E-state index contributed by atoms with van der Waals surface area (Å²) in [6, 6.07) is 17.0. The number of benzene rings is 2. The third-order valence-corrected chi connectivity index (χ3v) is 7.35. The highest BCUT2D eigenvalue weighted by molar-refractivity contribution is 7.91. The van der Waals surface area contributed by atoms with E-state index in [9.17, 15) is 18.0 Å². The zero-order chi connectivity index (χ0) is 22.4. The first kappa shape index (κ1) is 22.5. The van der Waals surface area contributed by atoms with Crippen LogP contribution in [0.15, 0.2) is 65.6 Å². The van der Waals surface area contributed by atoms with Crippen molar-refractivity contribution in [1.82, 2.24) is 0 Å². The highest BCUT2D eigenvalue weighted by atomic mass is 32.2. The molecule has 0 fully saturated rings. The molecule has 0 saturated carbocycles. The predicted octanol–water partition coefficient (Wildman–Crippen LogP) is 4.01. The van der Waals surface area contributed by atoms with Gasteiger partial charge in [0.15, 0.2) is 9.84 Å². The fourth-order valence-corrected chi connectivity index (χ4v) is 5.09. The maximum absolute atomic E-state index is 12.5. The summed E-state index contributed by atoms with van der Waals surface area (Å²) in [5.74, 6) is -0.916. The van der Waals surface area contributed by atoms with Gasteiger partial charge in [-0.15, -0.1) is 11.3 Å². The van der Waals surface area contributed by atoms with E-state index in [1.54, 1.807) is 18.2 Å². The molecule has 9 heteroatoms. The summed E-state index contributed by atoms with van der Waals surface area (Å²) in [6.45, 7) is 0. The van der Waals surface area contributed by atoms with Crippen LogP contribution in [0.1, 0.15) is 16.1 Å². The van der Waals surface area contributed by atoms with Crippen LogP contribution in [0.25, 0.3) is 10.4 Å². The number of carbonyl (C=O) groups excluding carboxylic acids is 2. The number of hydrogen-bond donors (Lipinski definition) is 1. The van der Waals surface area contributed by atoms with E-state index < -0.39 is 21.7 Å². The molecule has 0 spiro atoms. The number of thiophene rings is 1. The average Bonchev–Trinajstić information content (AvgIpc) is 3.21. The van der Waals surface area contributed by atoms with Gasteiger partial charge < -0.3 is 14.8 Å². The van der Waals surface area contributed by atoms with Crippen LogP contribution in [-0.4, -0.2) is 40.3 Å². The van der Waals surface area contributed by atoms with E-state index >= 15 is 0 Å². The maximum atomic E-state index is 12.5. The lowest BCUT2D eigenvalue weighted by Crippen LogP contribution is -2.18. The molecule has 0 aliphatic heterocycles. The molecule has 3 rings (SSSR count). The number of carbonyl (C=O) groups is 2. The van der Waals surface area contributed by atoms with Crippen LogP contribution in [-0.2, 0) is 19.4 Å². The molecule has 0 aliphatic carbocycles. The van der Waals surface area contributed by atoms with Crippen LogP contribution in [0.2, 0.25) is 0 Å². The molecule has 1 aromatic heterocycles. The Balaban J connectivity index is 1.73. The van der Waals surface area contributed by atoms with Crippen LogP contribution in [0, 0.1) is 0 Å². The monoisotopic (exact) mass is 459 g/mol. The van der Waals surface area contributed by atoms with Gasteiger partial charge in [0.2, 0.25) is 5.91 Å².